The quantitative estimate of drug-likeness (QED) is 0.147. The van der Waals surface area contributed by atoms with Gasteiger partial charge in [-0.15, -0.1) is 0 Å². The summed E-state index contributed by atoms with van der Waals surface area (Å²) in [5.41, 5.74) is 8.88. The van der Waals surface area contributed by atoms with Gasteiger partial charge in [0.25, 0.3) is 5.91 Å². The highest BCUT2D eigenvalue weighted by atomic mass is 16.5. The Balaban J connectivity index is 1.30. The lowest BCUT2D eigenvalue weighted by Gasteiger charge is -2.37. The molecule has 7 rings (SSSR count). The van der Waals surface area contributed by atoms with E-state index < -0.39 is 47.2 Å². The number of aromatic hydroxyl groups is 1. The zero-order valence-electron chi connectivity index (χ0n) is 38.6. The van der Waals surface area contributed by atoms with Crippen LogP contribution in [0.15, 0.2) is 61.4 Å². The summed E-state index contributed by atoms with van der Waals surface area (Å²) in [6.07, 6.45) is 6.42. The van der Waals surface area contributed by atoms with Crippen molar-refractivity contribution in [2.45, 2.75) is 98.0 Å². The fourth-order valence-electron chi connectivity index (χ4n) is 9.68. The largest absolute Gasteiger partial charge is 0.508 e. The molecule has 0 aliphatic carbocycles. The lowest BCUT2D eigenvalue weighted by Crippen LogP contribution is -2.62. The van der Waals surface area contributed by atoms with E-state index in [0.717, 1.165) is 27.7 Å². The molecule has 2 saturated heterocycles. The van der Waals surface area contributed by atoms with E-state index in [4.69, 9.17) is 14.5 Å². The second-order valence-electron chi connectivity index (χ2n) is 18.6. The van der Waals surface area contributed by atoms with Crippen LogP contribution in [0.2, 0.25) is 0 Å². The molecule has 6 bridgehead atoms. The molecule has 3 N–H and O–H groups in total. The van der Waals surface area contributed by atoms with Gasteiger partial charge in [-0.25, -0.2) is 5.43 Å². The van der Waals surface area contributed by atoms with Gasteiger partial charge in [-0.2, -0.15) is 0 Å². The number of rotatable bonds is 10. The number of fused-ring (bicyclic) bond motifs is 6. The molecule has 0 spiro atoms. The zero-order valence-corrected chi connectivity index (χ0v) is 38.6. The van der Waals surface area contributed by atoms with Crippen molar-refractivity contribution < 1.29 is 38.6 Å². The molecule has 2 aromatic heterocycles. The molecular weight excluding hydrogens is 829 g/mol. The minimum absolute atomic E-state index is 0.0179. The van der Waals surface area contributed by atoms with Crippen molar-refractivity contribution in [3.63, 3.8) is 0 Å². The zero-order chi connectivity index (χ0) is 46.7. The Labute approximate surface area is 380 Å². The van der Waals surface area contributed by atoms with Gasteiger partial charge in [0.15, 0.2) is 0 Å². The Hall–Kier alpha value is -6.13. The van der Waals surface area contributed by atoms with Crippen molar-refractivity contribution in [1.29, 1.82) is 0 Å². The maximum Gasteiger partial charge on any atom is 0.324 e. The number of phenolic OH excluding ortho intramolecular Hbond substituents is 1. The van der Waals surface area contributed by atoms with E-state index in [1.165, 1.54) is 16.0 Å². The summed E-state index contributed by atoms with van der Waals surface area (Å²) in [6, 6.07) is 8.36. The number of aryl methyl sites for hydroxylation is 1. The number of carbonyl (C=O) groups is 5. The summed E-state index contributed by atoms with van der Waals surface area (Å²) in [5.74, 6) is -2.91. The van der Waals surface area contributed by atoms with Crippen LogP contribution in [0.25, 0.3) is 33.4 Å². The Kier molecular flexibility index (Phi) is 14.1. The summed E-state index contributed by atoms with van der Waals surface area (Å²) in [7, 11) is 3.20. The smallest absolute Gasteiger partial charge is 0.324 e. The van der Waals surface area contributed by atoms with E-state index in [1.807, 2.05) is 26.0 Å². The van der Waals surface area contributed by atoms with Gasteiger partial charge >= 0.3 is 5.97 Å². The van der Waals surface area contributed by atoms with E-state index in [2.05, 4.69) is 59.8 Å². The molecule has 4 aromatic rings. The third kappa shape index (κ3) is 9.93. The molecule has 3 aliphatic rings. The van der Waals surface area contributed by atoms with Gasteiger partial charge in [0.2, 0.25) is 17.7 Å². The number of esters is 1. The number of aromatic nitrogens is 3. The number of methoxy groups -OCH3 is 1. The lowest BCUT2D eigenvalue weighted by molar-refractivity contribution is -0.155. The van der Waals surface area contributed by atoms with Gasteiger partial charge < -0.3 is 34.3 Å². The highest BCUT2D eigenvalue weighted by Crippen LogP contribution is 2.41. The Morgan fingerprint density at radius 1 is 1.09 bits per heavy atom. The number of cyclic esters (lactones) is 1. The van der Waals surface area contributed by atoms with Crippen molar-refractivity contribution in [2.75, 3.05) is 40.4 Å². The number of hydrazine groups is 1. The summed E-state index contributed by atoms with van der Waals surface area (Å²) in [6.45, 7) is 15.3. The van der Waals surface area contributed by atoms with Crippen molar-refractivity contribution in [3.05, 3.63) is 78.3 Å². The minimum atomic E-state index is -1.17. The monoisotopic (exact) mass is 890 g/mol. The molecule has 16 nitrogen and oxygen atoms in total. The highest BCUT2D eigenvalue weighted by Gasteiger charge is 2.40. The molecule has 2 aromatic carbocycles. The van der Waals surface area contributed by atoms with E-state index in [0.29, 0.717) is 61.3 Å². The van der Waals surface area contributed by atoms with Gasteiger partial charge in [-0.05, 0) is 91.1 Å². The first-order valence-corrected chi connectivity index (χ1v) is 22.5. The number of ether oxygens (including phenoxy) is 2. The predicted molar refractivity (Wildman–Crippen MR) is 245 cm³/mol. The first-order valence-electron chi connectivity index (χ1n) is 22.5. The fraction of sp³-hybridized carbons (Fsp3) is 0.490. The second-order valence-corrected chi connectivity index (χ2v) is 18.6. The molecule has 346 valence electrons. The molecule has 0 unspecified atom stereocenters. The van der Waals surface area contributed by atoms with Crippen LogP contribution in [0, 0.1) is 17.3 Å². The van der Waals surface area contributed by atoms with E-state index in [1.54, 1.807) is 43.6 Å². The minimum Gasteiger partial charge on any atom is -0.508 e. The normalized spacial score (nSPS) is 20.6. The standard InChI is InChI=1S/C49H62N8O8/c1-9-41(59)55-19-15-32(26-55)46(61)54(7)43(29(3)4)45(60)52-38-22-30-20-33(23-34(58)21-30)31-13-14-40-35(24-31)36(44(56(40)10-2)42-39(27-64-8)50-16-17-51-42)25-49(5,6)28-65-48(63)37-12-11-18-57(53-37)47(38)62/h9,13-14,16-17,20-21,23-24,29,32,37-38,43,53,58H,1,10-12,15,18-19,22,25-28H2,2-8H3,(H,52,60)/t32-,37-,38-,43-/m0/s1. The molecule has 0 saturated carbocycles. The van der Waals surface area contributed by atoms with Crippen LogP contribution >= 0.6 is 0 Å². The Morgan fingerprint density at radius 3 is 2.58 bits per heavy atom. The summed E-state index contributed by atoms with van der Waals surface area (Å²) in [5, 5.41) is 16.6. The molecule has 5 heterocycles. The van der Waals surface area contributed by atoms with Crippen molar-refractivity contribution >= 4 is 40.5 Å². The number of nitrogens with zero attached hydrogens (tertiary/aromatic N) is 6. The van der Waals surface area contributed by atoms with Crippen LogP contribution in [0.5, 0.6) is 5.75 Å². The van der Waals surface area contributed by atoms with E-state index in [9.17, 15) is 29.1 Å². The van der Waals surface area contributed by atoms with E-state index in [-0.39, 0.29) is 56.2 Å². The number of carbonyl (C=O) groups excluding carboxylic acids is 5. The molecule has 3 aliphatic heterocycles. The van der Waals surface area contributed by atoms with Gasteiger partial charge in [-0.3, -0.25) is 38.9 Å². The van der Waals surface area contributed by atoms with Crippen LogP contribution in [0.1, 0.15) is 70.7 Å². The van der Waals surface area contributed by atoms with Crippen LogP contribution in [0.4, 0.5) is 0 Å². The summed E-state index contributed by atoms with van der Waals surface area (Å²) < 4.78 is 13.8. The average molecular weight is 891 g/mol. The van der Waals surface area contributed by atoms with Gasteiger partial charge in [-0.1, -0.05) is 46.4 Å². The number of phenols is 1. The Bertz CT molecular complexity index is 2480. The molecule has 4 amide bonds. The summed E-state index contributed by atoms with van der Waals surface area (Å²) >= 11 is 0. The van der Waals surface area contributed by atoms with Crippen LogP contribution in [-0.4, -0.2) is 123 Å². The molecule has 16 heteroatoms. The number of benzene rings is 2. The first kappa shape index (κ1) is 46.9. The maximum atomic E-state index is 14.7. The number of nitrogens with one attached hydrogen (secondary N) is 2. The van der Waals surface area contributed by atoms with Gasteiger partial charge in [0.1, 0.15) is 29.6 Å². The molecular formula is C49H62N8O8. The van der Waals surface area contributed by atoms with Crippen molar-refractivity contribution in [1.82, 2.24) is 40.1 Å². The number of hydrogen-bond acceptors (Lipinski definition) is 11. The SMILES string of the molecule is C=CC(=O)N1CC[C@H](C(=O)N(C)[C@H](C(=O)N[C@H]2Cc3cc(O)cc(c3)-c3ccc4c(c3)c(c(-c3nccnc3COC)n4CC)CC(C)(C)COC(=O)[C@@H]3CCCN(N3)C2=O)C(C)C)C1. The number of likely N-dealkylation sites (N-methyl/N-ethyl adjacent to an activating group) is 1. The molecule has 4 atom stereocenters. The Morgan fingerprint density at radius 2 is 1.86 bits per heavy atom. The maximum absolute atomic E-state index is 14.7. The number of hydrogen-bond donors (Lipinski definition) is 3. The second kappa shape index (κ2) is 19.5. The third-order valence-electron chi connectivity index (χ3n) is 12.8. The van der Waals surface area contributed by atoms with Crippen LogP contribution < -0.4 is 10.7 Å². The van der Waals surface area contributed by atoms with Crippen LogP contribution in [0.3, 0.4) is 0 Å². The highest BCUT2D eigenvalue weighted by molar-refractivity contribution is 5.96. The topological polar surface area (TPSA) is 189 Å². The van der Waals surface area contributed by atoms with Crippen LogP contribution in [-0.2, 0) is 59.4 Å². The molecule has 65 heavy (non-hydrogen) atoms. The fourth-order valence-corrected chi connectivity index (χ4v) is 9.68. The van der Waals surface area contributed by atoms with Crippen molar-refractivity contribution in [2.24, 2.45) is 17.3 Å². The lowest BCUT2D eigenvalue weighted by atomic mass is 9.84. The first-order chi connectivity index (χ1) is 31.0. The molecule has 2 fully saturated rings. The van der Waals surface area contributed by atoms with Gasteiger partial charge in [0.05, 0.1) is 30.5 Å². The van der Waals surface area contributed by atoms with Crippen molar-refractivity contribution in [3.8, 4) is 28.3 Å². The number of amides is 4. The molecule has 0 radical (unpaired) electrons. The third-order valence-corrected chi connectivity index (χ3v) is 12.8. The predicted octanol–water partition coefficient (Wildman–Crippen LogP) is 4.80. The van der Waals surface area contributed by atoms with Gasteiger partial charge in [0, 0.05) is 75.5 Å². The van der Waals surface area contributed by atoms with E-state index >= 15 is 0 Å². The average Bonchev–Trinajstić information content (AvgIpc) is 3.90. The summed E-state index contributed by atoms with van der Waals surface area (Å²) in [4.78, 5) is 81.7. The number of likely N-dealkylation sites (tertiary alicyclic amines) is 1.